The lowest BCUT2D eigenvalue weighted by Gasteiger charge is -2.22. The van der Waals surface area contributed by atoms with E-state index in [2.05, 4.69) is 0 Å². The zero-order valence-corrected chi connectivity index (χ0v) is 17.2. The lowest BCUT2D eigenvalue weighted by Crippen LogP contribution is -2.38. The summed E-state index contributed by atoms with van der Waals surface area (Å²) in [4.78, 5) is 0. The standard InChI is InChI=1S/C20H25NO4S2/c1-24-18-10-8-16(9-11-18)15-26-20-12-17(21(13-20)27(2,22)23)14-25-19-6-4-3-5-7-19/h3-11,17,20H,12-15H2,1-2H3/t17-,20+/m0/s1. The SMILES string of the molecule is COc1ccc(CS[C@@H]2C[C@@H](COc3ccccc3)N(S(C)(=O)=O)C2)cc1. The first-order valence-electron chi connectivity index (χ1n) is 8.85. The van der Waals surface area contributed by atoms with Crippen molar-refractivity contribution in [1.29, 1.82) is 0 Å². The van der Waals surface area contributed by atoms with Gasteiger partial charge in [0.15, 0.2) is 0 Å². The van der Waals surface area contributed by atoms with Gasteiger partial charge in [-0.15, -0.1) is 0 Å². The Bertz CT molecular complexity index is 825. The largest absolute Gasteiger partial charge is 0.497 e. The van der Waals surface area contributed by atoms with E-state index in [0.29, 0.717) is 13.2 Å². The lowest BCUT2D eigenvalue weighted by atomic mass is 10.2. The fraction of sp³-hybridized carbons (Fsp3) is 0.400. The van der Waals surface area contributed by atoms with E-state index in [-0.39, 0.29) is 11.3 Å². The van der Waals surface area contributed by atoms with E-state index in [4.69, 9.17) is 9.47 Å². The summed E-state index contributed by atoms with van der Waals surface area (Å²) < 4.78 is 37.0. The average Bonchev–Trinajstić information content (AvgIpc) is 3.10. The van der Waals surface area contributed by atoms with Gasteiger partial charge in [-0.3, -0.25) is 0 Å². The van der Waals surface area contributed by atoms with Crippen molar-refractivity contribution in [3.63, 3.8) is 0 Å². The van der Waals surface area contributed by atoms with E-state index < -0.39 is 10.0 Å². The smallest absolute Gasteiger partial charge is 0.211 e. The van der Waals surface area contributed by atoms with Crippen molar-refractivity contribution in [3.05, 3.63) is 60.2 Å². The van der Waals surface area contributed by atoms with Crippen LogP contribution in [0.5, 0.6) is 11.5 Å². The van der Waals surface area contributed by atoms with Gasteiger partial charge in [0.05, 0.1) is 19.4 Å². The van der Waals surface area contributed by atoms with Gasteiger partial charge < -0.3 is 9.47 Å². The Hall–Kier alpha value is -1.70. The van der Waals surface area contributed by atoms with Crippen molar-refractivity contribution in [1.82, 2.24) is 4.31 Å². The second kappa shape index (κ2) is 8.99. The quantitative estimate of drug-likeness (QED) is 0.671. The van der Waals surface area contributed by atoms with Gasteiger partial charge in [-0.25, -0.2) is 8.42 Å². The zero-order chi connectivity index (χ0) is 19.3. The second-order valence-electron chi connectivity index (χ2n) is 6.63. The van der Waals surface area contributed by atoms with Crippen LogP contribution in [0.3, 0.4) is 0 Å². The summed E-state index contributed by atoms with van der Waals surface area (Å²) in [6, 6.07) is 17.4. The molecule has 0 radical (unpaired) electrons. The highest BCUT2D eigenvalue weighted by atomic mass is 32.2. The highest BCUT2D eigenvalue weighted by Gasteiger charge is 2.38. The van der Waals surface area contributed by atoms with Gasteiger partial charge in [-0.2, -0.15) is 16.1 Å². The minimum Gasteiger partial charge on any atom is -0.497 e. The molecule has 0 unspecified atom stereocenters. The van der Waals surface area contributed by atoms with Crippen molar-refractivity contribution < 1.29 is 17.9 Å². The van der Waals surface area contributed by atoms with Crippen molar-refractivity contribution in [2.24, 2.45) is 0 Å². The maximum absolute atomic E-state index is 12.2. The molecule has 0 spiro atoms. The topological polar surface area (TPSA) is 55.8 Å². The summed E-state index contributed by atoms with van der Waals surface area (Å²) >= 11 is 1.79. The molecule has 1 aliphatic heterocycles. The Morgan fingerprint density at radius 3 is 2.41 bits per heavy atom. The van der Waals surface area contributed by atoms with Crippen LogP contribution in [-0.2, 0) is 15.8 Å². The molecule has 5 nitrogen and oxygen atoms in total. The van der Waals surface area contributed by atoms with Crippen LogP contribution in [0.4, 0.5) is 0 Å². The van der Waals surface area contributed by atoms with Gasteiger partial charge in [0.2, 0.25) is 10.0 Å². The monoisotopic (exact) mass is 407 g/mol. The molecule has 0 saturated carbocycles. The molecule has 146 valence electrons. The first-order chi connectivity index (χ1) is 13.0. The second-order valence-corrected chi connectivity index (χ2v) is 9.85. The highest BCUT2D eigenvalue weighted by Crippen LogP contribution is 2.32. The normalized spacial score (nSPS) is 20.5. The number of sulfonamides is 1. The maximum atomic E-state index is 12.2. The molecule has 0 N–H and O–H groups in total. The Kier molecular flexibility index (Phi) is 6.68. The van der Waals surface area contributed by atoms with Gasteiger partial charge in [0, 0.05) is 17.5 Å². The van der Waals surface area contributed by atoms with Crippen LogP contribution in [0.1, 0.15) is 12.0 Å². The Morgan fingerprint density at radius 2 is 1.78 bits per heavy atom. The van der Waals surface area contributed by atoms with Crippen LogP contribution >= 0.6 is 11.8 Å². The minimum absolute atomic E-state index is 0.131. The third-order valence-electron chi connectivity index (χ3n) is 4.58. The van der Waals surface area contributed by atoms with Gasteiger partial charge in [0.1, 0.15) is 18.1 Å². The molecule has 1 fully saturated rings. The van der Waals surface area contributed by atoms with Gasteiger partial charge in [-0.05, 0) is 36.2 Å². The molecule has 0 aromatic heterocycles. The molecule has 3 rings (SSSR count). The molecule has 1 heterocycles. The molecule has 1 aliphatic rings. The Labute approximate surface area is 165 Å². The predicted octanol–water partition coefficient (Wildman–Crippen LogP) is 3.41. The summed E-state index contributed by atoms with van der Waals surface area (Å²) in [7, 11) is -1.61. The number of methoxy groups -OCH3 is 1. The number of hydrogen-bond donors (Lipinski definition) is 0. The maximum Gasteiger partial charge on any atom is 0.211 e. The molecular weight excluding hydrogens is 382 g/mol. The summed E-state index contributed by atoms with van der Waals surface area (Å²) in [5, 5.41) is 0.256. The molecule has 27 heavy (non-hydrogen) atoms. The van der Waals surface area contributed by atoms with Crippen LogP contribution in [0.2, 0.25) is 0 Å². The molecule has 0 aliphatic carbocycles. The Balaban J connectivity index is 1.58. The number of nitrogens with zero attached hydrogens (tertiary/aromatic N) is 1. The molecule has 2 atom stereocenters. The van der Waals surface area contributed by atoms with Crippen LogP contribution in [-0.4, -0.2) is 50.5 Å². The number of hydrogen-bond acceptors (Lipinski definition) is 5. The number of rotatable bonds is 8. The summed E-state index contributed by atoms with van der Waals surface area (Å²) in [6.45, 7) is 0.902. The number of para-hydroxylation sites is 1. The third kappa shape index (κ3) is 5.64. The first-order valence-corrected chi connectivity index (χ1v) is 11.7. The van der Waals surface area contributed by atoms with Crippen molar-refractivity contribution in [3.8, 4) is 11.5 Å². The van der Waals surface area contributed by atoms with Gasteiger partial charge in [-0.1, -0.05) is 30.3 Å². The fourth-order valence-corrected chi connectivity index (χ4v) is 5.65. The first kappa shape index (κ1) is 20.0. The molecule has 1 saturated heterocycles. The average molecular weight is 408 g/mol. The van der Waals surface area contributed by atoms with Crippen LogP contribution in [0, 0.1) is 0 Å². The summed E-state index contributed by atoms with van der Waals surface area (Å²) in [5.41, 5.74) is 1.20. The predicted molar refractivity (Wildman–Crippen MR) is 110 cm³/mol. The zero-order valence-electron chi connectivity index (χ0n) is 15.6. The highest BCUT2D eigenvalue weighted by molar-refractivity contribution is 7.99. The van der Waals surface area contributed by atoms with Crippen LogP contribution in [0.15, 0.2) is 54.6 Å². The molecule has 0 amide bonds. The van der Waals surface area contributed by atoms with Crippen molar-refractivity contribution in [2.45, 2.75) is 23.5 Å². The van der Waals surface area contributed by atoms with E-state index in [9.17, 15) is 8.42 Å². The van der Waals surface area contributed by atoms with E-state index in [1.54, 1.807) is 23.2 Å². The minimum atomic E-state index is -3.26. The fourth-order valence-electron chi connectivity index (χ4n) is 3.17. The van der Waals surface area contributed by atoms with Gasteiger partial charge in [0.25, 0.3) is 0 Å². The van der Waals surface area contributed by atoms with Gasteiger partial charge >= 0.3 is 0 Å². The molecule has 2 aromatic carbocycles. The molecule has 2 aromatic rings. The van der Waals surface area contributed by atoms with Crippen molar-refractivity contribution >= 4 is 21.8 Å². The van der Waals surface area contributed by atoms with E-state index in [1.165, 1.54) is 11.8 Å². The summed E-state index contributed by atoms with van der Waals surface area (Å²) in [6.07, 6.45) is 2.07. The van der Waals surface area contributed by atoms with E-state index in [1.807, 2.05) is 54.6 Å². The third-order valence-corrected chi connectivity index (χ3v) is 7.19. The van der Waals surface area contributed by atoms with Crippen molar-refractivity contribution in [2.75, 3.05) is 26.5 Å². The lowest BCUT2D eigenvalue weighted by molar-refractivity contribution is 0.233. The molecule has 0 bridgehead atoms. The Morgan fingerprint density at radius 1 is 1.07 bits per heavy atom. The van der Waals surface area contributed by atoms with Crippen LogP contribution < -0.4 is 9.47 Å². The van der Waals surface area contributed by atoms with E-state index in [0.717, 1.165) is 23.7 Å². The molecular formula is C20H25NO4S2. The number of ether oxygens (including phenoxy) is 2. The number of thioether (sulfide) groups is 1. The number of benzene rings is 2. The molecule has 7 heteroatoms. The van der Waals surface area contributed by atoms with Crippen LogP contribution in [0.25, 0.3) is 0 Å². The van der Waals surface area contributed by atoms with E-state index >= 15 is 0 Å². The summed E-state index contributed by atoms with van der Waals surface area (Å²) in [5.74, 6) is 2.45.